The SMILES string of the molecule is CCSc1ccc(C(C)N2CCNCC2)cc1. The van der Waals surface area contributed by atoms with Crippen molar-refractivity contribution in [2.24, 2.45) is 0 Å². The van der Waals surface area contributed by atoms with Crippen molar-refractivity contribution in [1.29, 1.82) is 0 Å². The number of thioether (sulfide) groups is 1. The average molecular weight is 250 g/mol. The lowest BCUT2D eigenvalue weighted by molar-refractivity contribution is 0.185. The first-order valence-electron chi connectivity index (χ1n) is 6.49. The highest BCUT2D eigenvalue weighted by molar-refractivity contribution is 7.99. The van der Waals surface area contributed by atoms with Crippen LogP contribution in [-0.4, -0.2) is 36.8 Å². The van der Waals surface area contributed by atoms with Crippen molar-refractivity contribution in [1.82, 2.24) is 10.2 Å². The second-order valence-electron chi connectivity index (χ2n) is 4.46. The van der Waals surface area contributed by atoms with Crippen LogP contribution >= 0.6 is 11.8 Å². The minimum absolute atomic E-state index is 0.540. The molecule has 0 aromatic heterocycles. The van der Waals surface area contributed by atoms with E-state index in [0.29, 0.717) is 6.04 Å². The summed E-state index contributed by atoms with van der Waals surface area (Å²) in [7, 11) is 0. The van der Waals surface area contributed by atoms with Gasteiger partial charge in [0.15, 0.2) is 0 Å². The highest BCUT2D eigenvalue weighted by atomic mass is 32.2. The van der Waals surface area contributed by atoms with Crippen LogP contribution in [0.3, 0.4) is 0 Å². The molecule has 1 aliphatic rings. The summed E-state index contributed by atoms with van der Waals surface area (Å²) in [6, 6.07) is 9.61. The second-order valence-corrected chi connectivity index (χ2v) is 5.80. The fraction of sp³-hybridized carbons (Fsp3) is 0.571. The summed E-state index contributed by atoms with van der Waals surface area (Å²) in [4.78, 5) is 3.93. The molecule has 17 heavy (non-hydrogen) atoms. The number of piperazine rings is 1. The van der Waals surface area contributed by atoms with E-state index in [1.807, 2.05) is 11.8 Å². The molecule has 0 amide bonds. The first kappa shape index (κ1) is 12.9. The molecule has 1 aliphatic heterocycles. The van der Waals surface area contributed by atoms with Gasteiger partial charge >= 0.3 is 0 Å². The Balaban J connectivity index is 2.00. The summed E-state index contributed by atoms with van der Waals surface area (Å²) in [6.07, 6.45) is 0. The van der Waals surface area contributed by atoms with Crippen molar-refractivity contribution < 1.29 is 0 Å². The number of nitrogens with zero attached hydrogens (tertiary/aromatic N) is 1. The summed E-state index contributed by atoms with van der Waals surface area (Å²) in [5.74, 6) is 1.15. The van der Waals surface area contributed by atoms with Crippen molar-refractivity contribution in [2.45, 2.75) is 24.8 Å². The third kappa shape index (κ3) is 3.47. The maximum atomic E-state index is 3.40. The molecule has 0 saturated carbocycles. The summed E-state index contributed by atoms with van der Waals surface area (Å²) in [5.41, 5.74) is 1.44. The van der Waals surface area contributed by atoms with Gasteiger partial charge in [-0.05, 0) is 30.4 Å². The van der Waals surface area contributed by atoms with Crippen molar-refractivity contribution in [3.05, 3.63) is 29.8 Å². The topological polar surface area (TPSA) is 15.3 Å². The Kier molecular flexibility index (Phi) is 4.89. The minimum Gasteiger partial charge on any atom is -0.314 e. The van der Waals surface area contributed by atoms with E-state index >= 15 is 0 Å². The normalized spacial score (nSPS) is 19.2. The van der Waals surface area contributed by atoms with Crippen molar-refractivity contribution in [3.8, 4) is 0 Å². The maximum Gasteiger partial charge on any atom is 0.0320 e. The molecule has 0 radical (unpaired) electrons. The van der Waals surface area contributed by atoms with E-state index in [-0.39, 0.29) is 0 Å². The predicted octanol–water partition coefficient (Wildman–Crippen LogP) is 2.76. The number of rotatable bonds is 4. The quantitative estimate of drug-likeness (QED) is 0.827. The first-order valence-corrected chi connectivity index (χ1v) is 7.47. The van der Waals surface area contributed by atoms with E-state index in [0.717, 1.165) is 31.9 Å². The zero-order chi connectivity index (χ0) is 12.1. The van der Waals surface area contributed by atoms with Gasteiger partial charge in [0.1, 0.15) is 0 Å². The van der Waals surface area contributed by atoms with Crippen LogP contribution in [0.5, 0.6) is 0 Å². The molecule has 2 rings (SSSR count). The van der Waals surface area contributed by atoms with Gasteiger partial charge in [-0.2, -0.15) is 0 Å². The largest absolute Gasteiger partial charge is 0.314 e. The lowest BCUT2D eigenvalue weighted by atomic mass is 10.1. The van der Waals surface area contributed by atoms with E-state index in [4.69, 9.17) is 0 Å². The molecule has 0 spiro atoms. The third-order valence-corrected chi connectivity index (χ3v) is 4.27. The van der Waals surface area contributed by atoms with Crippen LogP contribution in [0.2, 0.25) is 0 Å². The molecule has 1 saturated heterocycles. The van der Waals surface area contributed by atoms with Crippen molar-refractivity contribution in [3.63, 3.8) is 0 Å². The van der Waals surface area contributed by atoms with E-state index in [1.54, 1.807) is 0 Å². The molecule has 0 bridgehead atoms. The van der Waals surface area contributed by atoms with E-state index in [9.17, 15) is 0 Å². The van der Waals surface area contributed by atoms with E-state index < -0.39 is 0 Å². The molecule has 3 heteroatoms. The molecule has 1 N–H and O–H groups in total. The maximum absolute atomic E-state index is 3.40. The average Bonchev–Trinajstić information content (AvgIpc) is 2.40. The predicted molar refractivity (Wildman–Crippen MR) is 75.7 cm³/mol. The Labute approximate surface area is 109 Å². The second kappa shape index (κ2) is 6.43. The van der Waals surface area contributed by atoms with Gasteiger partial charge in [-0.15, -0.1) is 11.8 Å². The Hall–Kier alpha value is -0.510. The number of hydrogen-bond donors (Lipinski definition) is 1. The molecule has 0 aliphatic carbocycles. The fourth-order valence-corrected chi connectivity index (χ4v) is 2.95. The lowest BCUT2D eigenvalue weighted by Gasteiger charge is -2.33. The molecule has 1 heterocycles. The Morgan fingerprint density at radius 3 is 2.47 bits per heavy atom. The van der Waals surface area contributed by atoms with Crippen molar-refractivity contribution in [2.75, 3.05) is 31.9 Å². The van der Waals surface area contributed by atoms with Gasteiger partial charge in [0, 0.05) is 37.1 Å². The third-order valence-electron chi connectivity index (χ3n) is 3.37. The summed E-state index contributed by atoms with van der Waals surface area (Å²) in [5, 5.41) is 3.40. The first-order chi connectivity index (χ1) is 8.31. The van der Waals surface area contributed by atoms with Gasteiger partial charge in [-0.25, -0.2) is 0 Å². The number of hydrogen-bond acceptors (Lipinski definition) is 3. The molecule has 2 nitrogen and oxygen atoms in total. The van der Waals surface area contributed by atoms with E-state index in [1.165, 1.54) is 10.5 Å². The molecule has 1 aromatic carbocycles. The van der Waals surface area contributed by atoms with Gasteiger partial charge in [-0.3, -0.25) is 4.90 Å². The Morgan fingerprint density at radius 1 is 1.24 bits per heavy atom. The zero-order valence-electron chi connectivity index (χ0n) is 10.8. The van der Waals surface area contributed by atoms with Crippen LogP contribution in [0.15, 0.2) is 29.2 Å². The summed E-state index contributed by atoms with van der Waals surface area (Å²) < 4.78 is 0. The zero-order valence-corrected chi connectivity index (χ0v) is 11.6. The lowest BCUT2D eigenvalue weighted by Crippen LogP contribution is -2.44. The molecular weight excluding hydrogens is 228 g/mol. The van der Waals surface area contributed by atoms with Crippen LogP contribution in [-0.2, 0) is 0 Å². The fourth-order valence-electron chi connectivity index (χ4n) is 2.29. The van der Waals surface area contributed by atoms with Gasteiger partial charge in [0.2, 0.25) is 0 Å². The van der Waals surface area contributed by atoms with Crippen molar-refractivity contribution >= 4 is 11.8 Å². The molecule has 1 aromatic rings. The van der Waals surface area contributed by atoms with Gasteiger partial charge in [0.25, 0.3) is 0 Å². The van der Waals surface area contributed by atoms with E-state index in [2.05, 4.69) is 48.3 Å². The van der Waals surface area contributed by atoms with Crippen LogP contribution < -0.4 is 5.32 Å². The monoisotopic (exact) mass is 250 g/mol. The molecule has 94 valence electrons. The summed E-state index contributed by atoms with van der Waals surface area (Å²) in [6.45, 7) is 9.07. The van der Waals surface area contributed by atoms with Crippen LogP contribution in [0.1, 0.15) is 25.5 Å². The van der Waals surface area contributed by atoms with Crippen LogP contribution in [0, 0.1) is 0 Å². The molecular formula is C14H22N2S. The van der Waals surface area contributed by atoms with Gasteiger partial charge in [0.05, 0.1) is 0 Å². The highest BCUT2D eigenvalue weighted by Gasteiger charge is 2.17. The molecule has 1 fully saturated rings. The van der Waals surface area contributed by atoms with Gasteiger partial charge < -0.3 is 5.32 Å². The molecule has 1 unspecified atom stereocenters. The molecule has 1 atom stereocenters. The Bertz CT molecular complexity index is 331. The van der Waals surface area contributed by atoms with Crippen LogP contribution in [0.4, 0.5) is 0 Å². The standard InChI is InChI=1S/C14H22N2S/c1-3-17-14-6-4-13(5-7-14)12(2)16-10-8-15-9-11-16/h4-7,12,15H,3,8-11H2,1-2H3. The Morgan fingerprint density at radius 2 is 1.88 bits per heavy atom. The smallest absolute Gasteiger partial charge is 0.0320 e. The minimum atomic E-state index is 0.540. The van der Waals surface area contributed by atoms with Gasteiger partial charge in [-0.1, -0.05) is 19.1 Å². The number of nitrogens with one attached hydrogen (secondary N) is 1. The number of benzene rings is 1. The summed E-state index contributed by atoms with van der Waals surface area (Å²) >= 11 is 1.91. The highest BCUT2D eigenvalue weighted by Crippen LogP contribution is 2.24. The van der Waals surface area contributed by atoms with Crippen LogP contribution in [0.25, 0.3) is 0 Å².